The number of carbonyl (C=O) groups excluding carboxylic acids is 1. The van der Waals surface area contributed by atoms with E-state index in [4.69, 9.17) is 4.74 Å². The summed E-state index contributed by atoms with van der Waals surface area (Å²) in [6.07, 6.45) is 2.17. The SMILES string of the molecule is CSc1ccc(CC[C@@H](NC(=O)OC(C)(C)C)C(=O)O)cc1. The average molecular weight is 325 g/mol. The molecule has 122 valence electrons. The van der Waals surface area contributed by atoms with E-state index in [1.165, 1.54) is 0 Å². The third-order valence-electron chi connectivity index (χ3n) is 2.87. The highest BCUT2D eigenvalue weighted by atomic mass is 32.2. The predicted octanol–water partition coefficient (Wildman–Crippen LogP) is 3.32. The molecule has 1 atom stereocenters. The molecule has 2 N–H and O–H groups in total. The Morgan fingerprint density at radius 1 is 1.27 bits per heavy atom. The van der Waals surface area contributed by atoms with Gasteiger partial charge in [0.1, 0.15) is 11.6 Å². The third-order valence-corrected chi connectivity index (χ3v) is 3.61. The molecular weight excluding hydrogens is 302 g/mol. The van der Waals surface area contributed by atoms with E-state index in [9.17, 15) is 14.7 Å². The van der Waals surface area contributed by atoms with Crippen LogP contribution in [0.2, 0.25) is 0 Å². The van der Waals surface area contributed by atoms with Gasteiger partial charge in [-0.05, 0) is 57.6 Å². The van der Waals surface area contributed by atoms with E-state index in [1.807, 2.05) is 30.5 Å². The summed E-state index contributed by atoms with van der Waals surface area (Å²) in [4.78, 5) is 24.1. The lowest BCUT2D eigenvalue weighted by Gasteiger charge is -2.22. The van der Waals surface area contributed by atoms with Crippen molar-refractivity contribution in [3.8, 4) is 0 Å². The summed E-state index contributed by atoms with van der Waals surface area (Å²) in [6.45, 7) is 5.20. The number of ether oxygens (including phenoxy) is 1. The summed E-state index contributed by atoms with van der Waals surface area (Å²) < 4.78 is 5.08. The van der Waals surface area contributed by atoms with Crippen molar-refractivity contribution >= 4 is 23.8 Å². The number of carboxylic acid groups (broad SMARTS) is 1. The minimum absolute atomic E-state index is 0.313. The summed E-state index contributed by atoms with van der Waals surface area (Å²) in [5, 5.41) is 11.6. The number of thioether (sulfide) groups is 1. The van der Waals surface area contributed by atoms with Crippen LogP contribution in [0.15, 0.2) is 29.2 Å². The van der Waals surface area contributed by atoms with Crippen LogP contribution in [0.4, 0.5) is 4.79 Å². The van der Waals surface area contributed by atoms with Crippen LogP contribution in [-0.4, -0.2) is 35.1 Å². The molecule has 22 heavy (non-hydrogen) atoms. The highest BCUT2D eigenvalue weighted by Crippen LogP contribution is 2.16. The summed E-state index contributed by atoms with van der Waals surface area (Å²) in [6, 6.07) is 6.97. The van der Waals surface area contributed by atoms with Crippen LogP contribution in [0.1, 0.15) is 32.8 Å². The molecule has 0 fully saturated rings. The van der Waals surface area contributed by atoms with Crippen molar-refractivity contribution in [1.29, 1.82) is 0 Å². The first kappa shape index (κ1) is 18.4. The number of hydrogen-bond donors (Lipinski definition) is 2. The molecule has 0 heterocycles. The molecule has 1 aromatic carbocycles. The van der Waals surface area contributed by atoms with E-state index in [2.05, 4.69) is 5.32 Å². The fourth-order valence-electron chi connectivity index (χ4n) is 1.81. The smallest absolute Gasteiger partial charge is 0.408 e. The second kappa shape index (κ2) is 8.08. The molecule has 0 radical (unpaired) electrons. The van der Waals surface area contributed by atoms with Gasteiger partial charge in [0.15, 0.2) is 0 Å². The number of carbonyl (C=O) groups is 2. The van der Waals surface area contributed by atoms with Crippen LogP contribution in [0.5, 0.6) is 0 Å². The zero-order valence-electron chi connectivity index (χ0n) is 13.4. The molecule has 0 saturated heterocycles. The van der Waals surface area contributed by atoms with Crippen LogP contribution >= 0.6 is 11.8 Å². The Balaban J connectivity index is 2.57. The number of aryl methyl sites for hydroxylation is 1. The highest BCUT2D eigenvalue weighted by Gasteiger charge is 2.23. The fraction of sp³-hybridized carbons (Fsp3) is 0.500. The van der Waals surface area contributed by atoms with E-state index in [0.29, 0.717) is 12.8 Å². The van der Waals surface area contributed by atoms with Gasteiger partial charge in [0, 0.05) is 4.90 Å². The normalized spacial score (nSPS) is 12.5. The number of alkyl carbamates (subject to hydrolysis) is 1. The number of rotatable bonds is 6. The Hall–Kier alpha value is -1.69. The molecule has 0 saturated carbocycles. The van der Waals surface area contributed by atoms with Gasteiger partial charge in [-0.1, -0.05) is 12.1 Å². The molecule has 0 aliphatic rings. The molecule has 5 nitrogen and oxygen atoms in total. The van der Waals surface area contributed by atoms with Crippen molar-refractivity contribution < 1.29 is 19.4 Å². The van der Waals surface area contributed by atoms with E-state index in [0.717, 1.165) is 10.5 Å². The van der Waals surface area contributed by atoms with Gasteiger partial charge in [0.05, 0.1) is 0 Å². The van der Waals surface area contributed by atoms with Gasteiger partial charge in [-0.15, -0.1) is 11.8 Å². The Kier molecular flexibility index (Phi) is 6.74. The lowest BCUT2D eigenvalue weighted by atomic mass is 10.1. The van der Waals surface area contributed by atoms with Crippen molar-refractivity contribution in [2.45, 2.75) is 50.2 Å². The second-order valence-corrected chi connectivity index (χ2v) is 6.80. The Morgan fingerprint density at radius 2 is 1.86 bits per heavy atom. The number of amides is 1. The number of nitrogens with one attached hydrogen (secondary N) is 1. The first-order chi connectivity index (χ1) is 10.2. The van der Waals surface area contributed by atoms with Crippen molar-refractivity contribution in [1.82, 2.24) is 5.32 Å². The van der Waals surface area contributed by atoms with Crippen LogP contribution in [0, 0.1) is 0 Å². The first-order valence-electron chi connectivity index (χ1n) is 7.06. The summed E-state index contributed by atoms with van der Waals surface area (Å²) >= 11 is 1.65. The lowest BCUT2D eigenvalue weighted by Crippen LogP contribution is -2.43. The molecule has 6 heteroatoms. The fourth-order valence-corrected chi connectivity index (χ4v) is 2.22. The molecule has 0 aliphatic carbocycles. The molecule has 0 bridgehead atoms. The third kappa shape index (κ3) is 6.85. The van der Waals surface area contributed by atoms with Crippen LogP contribution in [0.3, 0.4) is 0 Å². The molecule has 0 spiro atoms. The number of hydrogen-bond acceptors (Lipinski definition) is 4. The molecule has 1 rings (SSSR count). The van der Waals surface area contributed by atoms with Crippen molar-refractivity contribution in [2.75, 3.05) is 6.26 Å². The molecule has 0 aliphatic heterocycles. The Labute approximate surface area is 135 Å². The van der Waals surface area contributed by atoms with Gasteiger partial charge in [-0.3, -0.25) is 0 Å². The van der Waals surface area contributed by atoms with Gasteiger partial charge < -0.3 is 15.2 Å². The minimum Gasteiger partial charge on any atom is -0.480 e. The molecule has 0 unspecified atom stereocenters. The van der Waals surface area contributed by atoms with Crippen LogP contribution < -0.4 is 5.32 Å². The maximum atomic E-state index is 11.7. The van der Waals surface area contributed by atoms with E-state index < -0.39 is 23.7 Å². The van der Waals surface area contributed by atoms with E-state index in [1.54, 1.807) is 32.5 Å². The maximum absolute atomic E-state index is 11.7. The van der Waals surface area contributed by atoms with Crippen LogP contribution in [0.25, 0.3) is 0 Å². The Morgan fingerprint density at radius 3 is 2.32 bits per heavy atom. The van der Waals surface area contributed by atoms with E-state index >= 15 is 0 Å². The summed E-state index contributed by atoms with van der Waals surface area (Å²) in [5.41, 5.74) is 0.385. The van der Waals surface area contributed by atoms with Crippen molar-refractivity contribution in [3.05, 3.63) is 29.8 Å². The Bertz CT molecular complexity index is 508. The van der Waals surface area contributed by atoms with Gasteiger partial charge in [-0.2, -0.15) is 0 Å². The van der Waals surface area contributed by atoms with E-state index in [-0.39, 0.29) is 0 Å². The lowest BCUT2D eigenvalue weighted by molar-refractivity contribution is -0.139. The van der Waals surface area contributed by atoms with Gasteiger partial charge in [-0.25, -0.2) is 9.59 Å². The number of carboxylic acids is 1. The molecule has 0 aromatic heterocycles. The number of aliphatic carboxylic acids is 1. The topological polar surface area (TPSA) is 75.6 Å². The number of benzene rings is 1. The quantitative estimate of drug-likeness (QED) is 0.785. The largest absolute Gasteiger partial charge is 0.480 e. The minimum atomic E-state index is -1.06. The zero-order valence-corrected chi connectivity index (χ0v) is 14.2. The average Bonchev–Trinajstić information content (AvgIpc) is 2.41. The monoisotopic (exact) mass is 325 g/mol. The molecule has 1 aromatic rings. The summed E-state index contributed by atoms with van der Waals surface area (Å²) in [5.74, 6) is -1.06. The second-order valence-electron chi connectivity index (χ2n) is 5.92. The molecule has 1 amide bonds. The van der Waals surface area contributed by atoms with Gasteiger partial charge in [0.25, 0.3) is 0 Å². The van der Waals surface area contributed by atoms with Crippen LogP contribution in [-0.2, 0) is 16.0 Å². The predicted molar refractivity (Wildman–Crippen MR) is 87.3 cm³/mol. The zero-order chi connectivity index (χ0) is 16.8. The standard InChI is InChI=1S/C16H23NO4S/c1-16(2,3)21-15(20)17-13(14(18)19)10-7-11-5-8-12(22-4)9-6-11/h5-6,8-9,13H,7,10H2,1-4H3,(H,17,20)(H,18,19)/t13-/m1/s1. The molecular formula is C16H23NO4S. The van der Waals surface area contributed by atoms with Crippen molar-refractivity contribution in [3.63, 3.8) is 0 Å². The first-order valence-corrected chi connectivity index (χ1v) is 8.29. The van der Waals surface area contributed by atoms with Gasteiger partial charge in [0.2, 0.25) is 0 Å². The van der Waals surface area contributed by atoms with Crippen molar-refractivity contribution in [2.24, 2.45) is 0 Å². The highest BCUT2D eigenvalue weighted by molar-refractivity contribution is 7.98. The summed E-state index contributed by atoms with van der Waals surface area (Å²) in [7, 11) is 0. The van der Waals surface area contributed by atoms with Gasteiger partial charge >= 0.3 is 12.1 Å². The maximum Gasteiger partial charge on any atom is 0.408 e.